The smallest absolute Gasteiger partial charge is 0.337 e. The molecule has 14 heavy (non-hydrogen) atoms. The van der Waals surface area contributed by atoms with E-state index >= 15 is 0 Å². The van der Waals surface area contributed by atoms with Gasteiger partial charge in [-0.25, -0.2) is 4.79 Å². The van der Waals surface area contributed by atoms with Crippen LogP contribution in [-0.4, -0.2) is 16.9 Å². The van der Waals surface area contributed by atoms with Crippen LogP contribution in [0.2, 0.25) is 0 Å². The average molecular weight is 191 g/mol. The second-order valence-electron chi connectivity index (χ2n) is 2.64. The number of nitrogens with two attached hydrogens (primary N) is 1. The lowest BCUT2D eigenvalue weighted by Gasteiger charge is -2.04. The van der Waals surface area contributed by atoms with Crippen LogP contribution in [0.15, 0.2) is 30.9 Å². The highest BCUT2D eigenvalue weighted by molar-refractivity contribution is 6.10. The molecule has 0 aliphatic heterocycles. The Morgan fingerprint density at radius 1 is 1.36 bits per heavy atom. The van der Waals surface area contributed by atoms with Crippen LogP contribution in [0.25, 0.3) is 0 Å². The van der Waals surface area contributed by atoms with Crippen LogP contribution in [0, 0.1) is 0 Å². The number of anilines is 1. The van der Waals surface area contributed by atoms with Crippen LogP contribution >= 0.6 is 0 Å². The van der Waals surface area contributed by atoms with E-state index in [9.17, 15) is 9.59 Å². The van der Waals surface area contributed by atoms with E-state index in [-0.39, 0.29) is 22.6 Å². The van der Waals surface area contributed by atoms with E-state index in [4.69, 9.17) is 10.8 Å². The number of hydrogen-bond donors (Lipinski definition) is 2. The van der Waals surface area contributed by atoms with Gasteiger partial charge in [-0.2, -0.15) is 0 Å². The van der Waals surface area contributed by atoms with E-state index < -0.39 is 5.97 Å². The standard InChI is InChI=1S/C10H9NO3/c1-2-8(12)6-4-3-5-7(9(6)11)10(13)14/h2-5H,1,11H2,(H,13,14). The molecule has 0 aliphatic carbocycles. The van der Waals surface area contributed by atoms with Crippen LogP contribution in [-0.2, 0) is 0 Å². The summed E-state index contributed by atoms with van der Waals surface area (Å²) in [6.07, 6.45) is 1.09. The molecule has 0 radical (unpaired) electrons. The highest BCUT2D eigenvalue weighted by Crippen LogP contribution is 2.18. The van der Waals surface area contributed by atoms with E-state index in [1.807, 2.05) is 0 Å². The first-order valence-corrected chi connectivity index (χ1v) is 3.86. The maximum absolute atomic E-state index is 11.2. The molecule has 4 nitrogen and oxygen atoms in total. The number of hydrogen-bond acceptors (Lipinski definition) is 3. The number of carboxylic acids is 1. The van der Waals surface area contributed by atoms with Crippen molar-refractivity contribution >= 4 is 17.4 Å². The predicted molar refractivity (Wildman–Crippen MR) is 52.3 cm³/mol. The number of aromatic carboxylic acids is 1. The number of rotatable bonds is 3. The number of allylic oxidation sites excluding steroid dienone is 1. The Labute approximate surface area is 80.7 Å². The van der Waals surface area contributed by atoms with E-state index in [1.54, 1.807) is 0 Å². The number of carbonyl (C=O) groups is 2. The molecule has 0 atom stereocenters. The summed E-state index contributed by atoms with van der Waals surface area (Å²) in [5.41, 5.74) is 5.58. The number of carboxylic acid groups (broad SMARTS) is 1. The van der Waals surface area contributed by atoms with Gasteiger partial charge in [0.05, 0.1) is 11.3 Å². The minimum atomic E-state index is -1.15. The Balaban J connectivity index is 3.34. The largest absolute Gasteiger partial charge is 0.478 e. The molecule has 0 aliphatic rings. The Morgan fingerprint density at radius 3 is 2.43 bits per heavy atom. The van der Waals surface area contributed by atoms with Gasteiger partial charge in [0.25, 0.3) is 0 Å². The lowest BCUT2D eigenvalue weighted by atomic mass is 10.0. The molecule has 0 saturated heterocycles. The Hall–Kier alpha value is -2.10. The van der Waals surface area contributed by atoms with Crippen LogP contribution < -0.4 is 5.73 Å². The molecule has 0 heterocycles. The molecule has 0 aromatic heterocycles. The third-order valence-electron chi connectivity index (χ3n) is 1.79. The maximum Gasteiger partial charge on any atom is 0.337 e. The molecule has 72 valence electrons. The zero-order valence-electron chi connectivity index (χ0n) is 7.36. The molecule has 3 N–H and O–H groups in total. The first-order chi connectivity index (χ1) is 6.57. The first-order valence-electron chi connectivity index (χ1n) is 3.86. The summed E-state index contributed by atoms with van der Waals surface area (Å²) in [6.45, 7) is 3.30. The normalized spacial score (nSPS) is 9.43. The van der Waals surface area contributed by atoms with Crippen molar-refractivity contribution in [3.63, 3.8) is 0 Å². The molecule has 0 fully saturated rings. The van der Waals surface area contributed by atoms with E-state index in [0.29, 0.717) is 0 Å². The molecule has 0 spiro atoms. The summed E-state index contributed by atoms with van der Waals surface area (Å²) in [5.74, 6) is -1.54. The molecule has 1 rings (SSSR count). The van der Waals surface area contributed by atoms with Gasteiger partial charge in [-0.15, -0.1) is 0 Å². The molecule has 0 saturated carbocycles. The van der Waals surface area contributed by atoms with Gasteiger partial charge in [-0.3, -0.25) is 4.79 Å². The van der Waals surface area contributed by atoms with E-state index in [1.165, 1.54) is 18.2 Å². The first kappa shape index (κ1) is 9.98. The van der Waals surface area contributed by atoms with Crippen LogP contribution in [0.5, 0.6) is 0 Å². The zero-order chi connectivity index (χ0) is 10.7. The summed E-state index contributed by atoms with van der Waals surface area (Å²) in [5, 5.41) is 8.73. The fourth-order valence-corrected chi connectivity index (χ4v) is 1.08. The van der Waals surface area contributed by atoms with Crippen molar-refractivity contribution in [2.75, 3.05) is 5.73 Å². The van der Waals surface area contributed by atoms with E-state index in [0.717, 1.165) is 6.08 Å². The monoisotopic (exact) mass is 191 g/mol. The fourth-order valence-electron chi connectivity index (χ4n) is 1.08. The van der Waals surface area contributed by atoms with Gasteiger partial charge in [0.15, 0.2) is 5.78 Å². The third kappa shape index (κ3) is 1.64. The lowest BCUT2D eigenvalue weighted by Crippen LogP contribution is -2.07. The Morgan fingerprint density at radius 2 is 1.93 bits per heavy atom. The second-order valence-corrected chi connectivity index (χ2v) is 2.64. The molecule has 0 unspecified atom stereocenters. The van der Waals surface area contributed by atoms with E-state index in [2.05, 4.69) is 6.58 Å². The van der Waals surface area contributed by atoms with Gasteiger partial charge in [0.2, 0.25) is 0 Å². The van der Waals surface area contributed by atoms with Crippen molar-refractivity contribution in [2.45, 2.75) is 0 Å². The van der Waals surface area contributed by atoms with Gasteiger partial charge in [0, 0.05) is 5.56 Å². The Kier molecular flexibility index (Phi) is 2.67. The summed E-state index contributed by atoms with van der Waals surface area (Å²) in [7, 11) is 0. The van der Waals surface area contributed by atoms with Crippen molar-refractivity contribution in [1.29, 1.82) is 0 Å². The number of carbonyl (C=O) groups excluding carboxylic acids is 1. The molecular weight excluding hydrogens is 182 g/mol. The molecule has 0 amide bonds. The van der Waals surface area contributed by atoms with Gasteiger partial charge >= 0.3 is 5.97 Å². The summed E-state index contributed by atoms with van der Waals surface area (Å²) in [4.78, 5) is 21.9. The lowest BCUT2D eigenvalue weighted by molar-refractivity contribution is 0.0698. The number of nitrogen functional groups attached to an aromatic ring is 1. The quantitative estimate of drug-likeness (QED) is 0.429. The van der Waals surface area contributed by atoms with Crippen molar-refractivity contribution in [2.24, 2.45) is 0 Å². The topological polar surface area (TPSA) is 80.4 Å². The summed E-state index contributed by atoms with van der Waals surface area (Å²) < 4.78 is 0. The van der Waals surface area contributed by atoms with Gasteiger partial charge in [-0.05, 0) is 18.2 Å². The average Bonchev–Trinajstić information content (AvgIpc) is 2.16. The molecule has 1 aromatic rings. The molecule has 0 bridgehead atoms. The molecule has 1 aromatic carbocycles. The number of benzene rings is 1. The number of ketones is 1. The van der Waals surface area contributed by atoms with Crippen molar-refractivity contribution in [3.8, 4) is 0 Å². The second kappa shape index (κ2) is 3.74. The van der Waals surface area contributed by atoms with Crippen molar-refractivity contribution in [3.05, 3.63) is 42.0 Å². The zero-order valence-corrected chi connectivity index (χ0v) is 7.36. The molecular formula is C10H9NO3. The summed E-state index contributed by atoms with van der Waals surface area (Å²) in [6, 6.07) is 4.28. The van der Waals surface area contributed by atoms with Crippen LogP contribution in [0.1, 0.15) is 20.7 Å². The van der Waals surface area contributed by atoms with Gasteiger partial charge in [0.1, 0.15) is 0 Å². The van der Waals surface area contributed by atoms with Crippen molar-refractivity contribution in [1.82, 2.24) is 0 Å². The SMILES string of the molecule is C=CC(=O)c1cccc(C(=O)O)c1N. The highest BCUT2D eigenvalue weighted by Gasteiger charge is 2.13. The van der Waals surface area contributed by atoms with Gasteiger partial charge < -0.3 is 10.8 Å². The van der Waals surface area contributed by atoms with Crippen LogP contribution in [0.3, 0.4) is 0 Å². The molecule has 4 heteroatoms. The summed E-state index contributed by atoms with van der Waals surface area (Å²) >= 11 is 0. The fraction of sp³-hybridized carbons (Fsp3) is 0. The predicted octanol–water partition coefficient (Wildman–Crippen LogP) is 1.34. The maximum atomic E-state index is 11.2. The van der Waals surface area contributed by atoms with Crippen molar-refractivity contribution < 1.29 is 14.7 Å². The number of para-hydroxylation sites is 1. The Bertz CT molecular complexity index is 410. The minimum Gasteiger partial charge on any atom is -0.478 e. The van der Waals surface area contributed by atoms with Gasteiger partial charge in [-0.1, -0.05) is 12.6 Å². The van der Waals surface area contributed by atoms with Crippen LogP contribution in [0.4, 0.5) is 5.69 Å². The minimum absolute atomic E-state index is 0.0232. The third-order valence-corrected chi connectivity index (χ3v) is 1.79. The highest BCUT2D eigenvalue weighted by atomic mass is 16.4.